The minimum Gasteiger partial charge on any atom is -0.492 e. The van der Waals surface area contributed by atoms with E-state index >= 15 is 0 Å². The summed E-state index contributed by atoms with van der Waals surface area (Å²) in [5.74, 6) is 0.681. The number of anilines is 1. The van der Waals surface area contributed by atoms with Gasteiger partial charge in [-0.3, -0.25) is 10.00 Å². The van der Waals surface area contributed by atoms with E-state index in [2.05, 4.69) is 15.7 Å². The summed E-state index contributed by atoms with van der Waals surface area (Å²) in [7, 11) is 1.75. The molecule has 0 fully saturated rings. The van der Waals surface area contributed by atoms with Gasteiger partial charge in [-0.05, 0) is 19.1 Å². The molecule has 0 saturated heterocycles. The lowest BCUT2D eigenvalue weighted by Crippen LogP contribution is -2.32. The van der Waals surface area contributed by atoms with Crippen molar-refractivity contribution in [3.05, 3.63) is 41.8 Å². The first kappa shape index (κ1) is 14.8. The molecule has 0 aliphatic heterocycles. The van der Waals surface area contributed by atoms with E-state index in [-0.39, 0.29) is 18.5 Å². The van der Waals surface area contributed by atoms with Gasteiger partial charge >= 0.3 is 6.03 Å². The summed E-state index contributed by atoms with van der Waals surface area (Å²) in [4.78, 5) is 11.7. The van der Waals surface area contributed by atoms with Crippen LogP contribution in [0.2, 0.25) is 0 Å². The Morgan fingerprint density at radius 2 is 2.24 bits per heavy atom. The van der Waals surface area contributed by atoms with Crippen LogP contribution in [0.1, 0.15) is 5.69 Å². The number of nitrogens with zero attached hydrogens (tertiary/aromatic N) is 2. The summed E-state index contributed by atoms with van der Waals surface area (Å²) in [5, 5.41) is 9.44. The van der Waals surface area contributed by atoms with Crippen LogP contribution in [0.25, 0.3) is 0 Å². The second-order valence-corrected chi connectivity index (χ2v) is 4.48. The van der Waals surface area contributed by atoms with Gasteiger partial charge in [-0.1, -0.05) is 6.07 Å². The van der Waals surface area contributed by atoms with Crippen LogP contribution in [0.15, 0.2) is 30.3 Å². The summed E-state index contributed by atoms with van der Waals surface area (Å²) in [6.45, 7) is 2.40. The molecule has 6 nitrogen and oxygen atoms in total. The lowest BCUT2D eigenvalue weighted by Gasteiger charge is -2.09. The van der Waals surface area contributed by atoms with Crippen LogP contribution in [0, 0.1) is 12.7 Å². The first-order chi connectivity index (χ1) is 10.0. The largest absolute Gasteiger partial charge is 0.492 e. The SMILES string of the molecule is Cc1cc(NC(=O)NCCOc2cccc(F)c2)n(C)n1. The van der Waals surface area contributed by atoms with E-state index in [0.717, 1.165) is 5.69 Å². The number of hydrogen-bond acceptors (Lipinski definition) is 3. The van der Waals surface area contributed by atoms with Crippen molar-refractivity contribution >= 4 is 11.8 Å². The van der Waals surface area contributed by atoms with Crippen molar-refractivity contribution in [1.82, 2.24) is 15.1 Å². The standard InChI is InChI=1S/C14H17FN4O2/c1-10-8-13(19(2)18-10)17-14(20)16-6-7-21-12-5-3-4-11(15)9-12/h3-5,8-9H,6-7H2,1-2H3,(H2,16,17,20). The molecule has 0 aliphatic rings. The zero-order chi connectivity index (χ0) is 15.2. The molecule has 1 heterocycles. The quantitative estimate of drug-likeness (QED) is 0.829. The highest BCUT2D eigenvalue weighted by Gasteiger charge is 2.06. The minimum atomic E-state index is -0.357. The smallest absolute Gasteiger partial charge is 0.320 e. The average molecular weight is 292 g/mol. The summed E-state index contributed by atoms with van der Waals surface area (Å²) in [6.07, 6.45) is 0. The van der Waals surface area contributed by atoms with Crippen molar-refractivity contribution < 1.29 is 13.9 Å². The van der Waals surface area contributed by atoms with E-state index in [9.17, 15) is 9.18 Å². The molecule has 2 N–H and O–H groups in total. The van der Waals surface area contributed by atoms with Crippen LogP contribution in [0.4, 0.5) is 15.0 Å². The number of benzene rings is 1. The summed E-state index contributed by atoms with van der Waals surface area (Å²) < 4.78 is 19.8. The Kier molecular flexibility index (Phi) is 4.76. The molecule has 7 heteroatoms. The van der Waals surface area contributed by atoms with Crippen molar-refractivity contribution in [2.24, 2.45) is 7.05 Å². The number of aryl methyl sites for hydroxylation is 2. The highest BCUT2D eigenvalue weighted by Crippen LogP contribution is 2.11. The number of carbonyl (C=O) groups is 1. The molecule has 21 heavy (non-hydrogen) atoms. The molecule has 0 radical (unpaired) electrons. The zero-order valence-corrected chi connectivity index (χ0v) is 11.9. The molecule has 2 rings (SSSR count). The summed E-state index contributed by atoms with van der Waals surface area (Å²) in [5.41, 5.74) is 0.822. The number of rotatable bonds is 5. The minimum absolute atomic E-state index is 0.251. The van der Waals surface area contributed by atoms with Gasteiger partial charge in [0.25, 0.3) is 0 Å². The van der Waals surface area contributed by atoms with Crippen LogP contribution in [-0.2, 0) is 7.05 Å². The number of carbonyl (C=O) groups excluding carboxylic acids is 1. The van der Waals surface area contributed by atoms with Gasteiger partial charge < -0.3 is 10.1 Å². The number of ether oxygens (including phenoxy) is 1. The van der Waals surface area contributed by atoms with Gasteiger partial charge in [-0.2, -0.15) is 5.10 Å². The third-order valence-electron chi connectivity index (χ3n) is 2.70. The predicted octanol–water partition coefficient (Wildman–Crippen LogP) is 2.07. The molecule has 112 valence electrons. The summed E-state index contributed by atoms with van der Waals surface area (Å²) in [6, 6.07) is 7.27. The fraction of sp³-hybridized carbons (Fsp3) is 0.286. The van der Waals surface area contributed by atoms with E-state index in [0.29, 0.717) is 18.1 Å². The monoisotopic (exact) mass is 292 g/mol. The first-order valence-corrected chi connectivity index (χ1v) is 6.48. The van der Waals surface area contributed by atoms with Gasteiger partial charge in [0.15, 0.2) is 0 Å². The van der Waals surface area contributed by atoms with Gasteiger partial charge in [-0.15, -0.1) is 0 Å². The maximum absolute atomic E-state index is 12.9. The predicted molar refractivity (Wildman–Crippen MR) is 76.9 cm³/mol. The molecular formula is C14H17FN4O2. The number of amides is 2. The van der Waals surface area contributed by atoms with Crippen molar-refractivity contribution in [2.45, 2.75) is 6.92 Å². The lowest BCUT2D eigenvalue weighted by molar-refractivity contribution is 0.247. The van der Waals surface area contributed by atoms with Gasteiger partial charge in [0.1, 0.15) is 24.0 Å². The molecular weight excluding hydrogens is 275 g/mol. The molecule has 1 aromatic heterocycles. The van der Waals surface area contributed by atoms with Crippen LogP contribution in [0.5, 0.6) is 5.75 Å². The number of urea groups is 1. The maximum Gasteiger partial charge on any atom is 0.320 e. The zero-order valence-electron chi connectivity index (χ0n) is 11.9. The molecule has 0 unspecified atom stereocenters. The summed E-state index contributed by atoms with van der Waals surface area (Å²) >= 11 is 0. The molecule has 1 aromatic carbocycles. The topological polar surface area (TPSA) is 68.2 Å². The molecule has 0 aliphatic carbocycles. The Balaban J connectivity index is 1.71. The fourth-order valence-electron chi connectivity index (χ4n) is 1.78. The maximum atomic E-state index is 12.9. The number of nitrogens with one attached hydrogen (secondary N) is 2. The Hall–Kier alpha value is -2.57. The third-order valence-corrected chi connectivity index (χ3v) is 2.70. The van der Waals surface area contributed by atoms with E-state index in [4.69, 9.17) is 4.74 Å². The van der Waals surface area contributed by atoms with E-state index in [1.807, 2.05) is 6.92 Å². The highest BCUT2D eigenvalue weighted by molar-refractivity contribution is 5.88. The Labute approximate surface area is 121 Å². The van der Waals surface area contributed by atoms with E-state index in [1.165, 1.54) is 12.1 Å². The van der Waals surface area contributed by atoms with Crippen LogP contribution < -0.4 is 15.4 Å². The lowest BCUT2D eigenvalue weighted by atomic mass is 10.3. The number of halogens is 1. The Morgan fingerprint density at radius 3 is 2.90 bits per heavy atom. The fourth-order valence-corrected chi connectivity index (χ4v) is 1.78. The second-order valence-electron chi connectivity index (χ2n) is 4.48. The van der Waals surface area contributed by atoms with Gasteiger partial charge in [0.2, 0.25) is 0 Å². The normalized spacial score (nSPS) is 10.2. The number of aromatic nitrogens is 2. The van der Waals surface area contributed by atoms with Crippen LogP contribution in [0.3, 0.4) is 0 Å². The van der Waals surface area contributed by atoms with Gasteiger partial charge in [0.05, 0.1) is 12.2 Å². The molecule has 0 saturated carbocycles. The van der Waals surface area contributed by atoms with Gasteiger partial charge in [0, 0.05) is 19.2 Å². The van der Waals surface area contributed by atoms with Crippen molar-refractivity contribution in [1.29, 1.82) is 0 Å². The molecule has 2 aromatic rings. The van der Waals surface area contributed by atoms with Crippen LogP contribution in [-0.4, -0.2) is 29.0 Å². The van der Waals surface area contributed by atoms with Gasteiger partial charge in [-0.25, -0.2) is 9.18 Å². The molecule has 0 bridgehead atoms. The average Bonchev–Trinajstić information content (AvgIpc) is 2.73. The second kappa shape index (κ2) is 6.74. The molecule has 0 spiro atoms. The van der Waals surface area contributed by atoms with E-state index < -0.39 is 0 Å². The molecule has 0 atom stereocenters. The Morgan fingerprint density at radius 1 is 1.43 bits per heavy atom. The molecule has 2 amide bonds. The Bertz CT molecular complexity index is 627. The highest BCUT2D eigenvalue weighted by atomic mass is 19.1. The number of hydrogen-bond donors (Lipinski definition) is 2. The first-order valence-electron chi connectivity index (χ1n) is 6.48. The van der Waals surface area contributed by atoms with Crippen molar-refractivity contribution in [3.8, 4) is 5.75 Å². The van der Waals surface area contributed by atoms with E-state index in [1.54, 1.807) is 29.9 Å². The van der Waals surface area contributed by atoms with Crippen molar-refractivity contribution in [2.75, 3.05) is 18.5 Å². The van der Waals surface area contributed by atoms with Crippen molar-refractivity contribution in [3.63, 3.8) is 0 Å². The van der Waals surface area contributed by atoms with Crippen LogP contribution >= 0.6 is 0 Å². The third kappa shape index (κ3) is 4.48.